The van der Waals surface area contributed by atoms with Crippen molar-refractivity contribution in [2.75, 3.05) is 6.54 Å². The molecular formula is C20H19N3O2. The Bertz CT molecular complexity index is 972. The molecule has 1 aliphatic heterocycles. The van der Waals surface area contributed by atoms with Crippen molar-refractivity contribution in [2.24, 2.45) is 0 Å². The van der Waals surface area contributed by atoms with Crippen molar-refractivity contribution < 1.29 is 4.79 Å². The summed E-state index contributed by atoms with van der Waals surface area (Å²) in [5.74, 6) is -0.234. The third-order valence-corrected chi connectivity index (χ3v) is 4.70. The molecule has 0 bridgehead atoms. The lowest BCUT2D eigenvalue weighted by Gasteiger charge is -2.37. The molecule has 25 heavy (non-hydrogen) atoms. The number of pyridine rings is 1. The summed E-state index contributed by atoms with van der Waals surface area (Å²) in [7, 11) is 0. The summed E-state index contributed by atoms with van der Waals surface area (Å²) in [4.78, 5) is 30.2. The van der Waals surface area contributed by atoms with Crippen LogP contribution in [0.1, 0.15) is 33.4 Å². The Balaban J connectivity index is 1.80. The lowest BCUT2D eigenvalue weighted by atomic mass is 9.99. The number of H-pyrrole nitrogens is 1. The number of fused-ring (bicyclic) bond motifs is 1. The third-order valence-electron chi connectivity index (χ3n) is 4.70. The minimum Gasteiger partial charge on any atom is -0.364 e. The number of aromatic nitrogens is 2. The fourth-order valence-corrected chi connectivity index (χ4v) is 3.48. The Hall–Kier alpha value is -3.08. The largest absolute Gasteiger partial charge is 0.364 e. The van der Waals surface area contributed by atoms with Crippen molar-refractivity contribution in [1.29, 1.82) is 0 Å². The Morgan fingerprint density at radius 3 is 2.68 bits per heavy atom. The summed E-state index contributed by atoms with van der Waals surface area (Å²) >= 11 is 0. The molecule has 5 nitrogen and oxygen atoms in total. The molecule has 5 heteroatoms. The van der Waals surface area contributed by atoms with Gasteiger partial charge in [-0.3, -0.25) is 9.59 Å². The van der Waals surface area contributed by atoms with Crippen LogP contribution in [-0.2, 0) is 6.54 Å². The second-order valence-electron chi connectivity index (χ2n) is 6.33. The number of aromatic amines is 1. The Kier molecular flexibility index (Phi) is 3.76. The van der Waals surface area contributed by atoms with E-state index in [2.05, 4.69) is 9.55 Å². The molecule has 0 saturated carbocycles. The average molecular weight is 333 g/mol. The summed E-state index contributed by atoms with van der Waals surface area (Å²) in [6, 6.07) is 15.3. The zero-order chi connectivity index (χ0) is 17.4. The van der Waals surface area contributed by atoms with E-state index in [9.17, 15) is 9.59 Å². The standard InChI is InChI=1S/C20H19N3O2/c1-14-12-18(24)16(13-21-14)20(25)23-11-10-22-9-5-8-17(22)19(23)15-6-3-2-4-7-15/h2-9,12-13,19H,10-11H2,1H3,(H,21,24)/t19-/m1/s1. The number of carbonyl (C=O) groups excluding carboxylic acids is 1. The Labute approximate surface area is 145 Å². The highest BCUT2D eigenvalue weighted by Gasteiger charge is 2.33. The summed E-state index contributed by atoms with van der Waals surface area (Å²) in [5, 5.41) is 0. The molecule has 1 aliphatic rings. The van der Waals surface area contributed by atoms with Crippen molar-refractivity contribution in [3.8, 4) is 0 Å². The summed E-state index contributed by atoms with van der Waals surface area (Å²) in [6.07, 6.45) is 3.56. The molecule has 0 saturated heterocycles. The number of rotatable bonds is 2. The van der Waals surface area contributed by atoms with Crippen LogP contribution in [0.3, 0.4) is 0 Å². The van der Waals surface area contributed by atoms with E-state index in [4.69, 9.17) is 0 Å². The normalized spacial score (nSPS) is 16.5. The van der Waals surface area contributed by atoms with E-state index in [1.54, 1.807) is 11.8 Å². The number of benzene rings is 1. The second kappa shape index (κ2) is 6.09. The number of nitrogens with one attached hydrogen (secondary N) is 1. The van der Waals surface area contributed by atoms with Crippen LogP contribution in [-0.4, -0.2) is 26.9 Å². The smallest absolute Gasteiger partial charge is 0.260 e. The first kappa shape index (κ1) is 15.4. The topological polar surface area (TPSA) is 58.1 Å². The molecule has 2 aromatic heterocycles. The van der Waals surface area contributed by atoms with Crippen LogP contribution < -0.4 is 5.43 Å². The molecular weight excluding hydrogens is 314 g/mol. The van der Waals surface area contributed by atoms with Crippen LogP contribution in [0.5, 0.6) is 0 Å². The monoisotopic (exact) mass is 333 g/mol. The maximum absolute atomic E-state index is 13.1. The number of aryl methyl sites for hydroxylation is 1. The fourth-order valence-electron chi connectivity index (χ4n) is 3.48. The van der Waals surface area contributed by atoms with Gasteiger partial charge in [0.05, 0.1) is 6.04 Å². The van der Waals surface area contributed by atoms with Crippen LogP contribution in [0, 0.1) is 6.92 Å². The molecule has 0 fully saturated rings. The van der Waals surface area contributed by atoms with Crippen LogP contribution in [0.15, 0.2) is 65.7 Å². The van der Waals surface area contributed by atoms with Gasteiger partial charge in [0.1, 0.15) is 5.56 Å². The SMILES string of the molecule is Cc1cc(=O)c(C(=O)N2CCn3cccc3[C@H]2c2ccccc2)c[nH]1. The minimum absolute atomic E-state index is 0.187. The van der Waals surface area contributed by atoms with E-state index in [0.29, 0.717) is 6.54 Å². The quantitative estimate of drug-likeness (QED) is 0.784. The first-order valence-corrected chi connectivity index (χ1v) is 8.35. The van der Waals surface area contributed by atoms with Gasteiger partial charge in [-0.1, -0.05) is 30.3 Å². The third kappa shape index (κ3) is 2.67. The molecule has 126 valence electrons. The van der Waals surface area contributed by atoms with Gasteiger partial charge in [-0.05, 0) is 24.6 Å². The number of amides is 1. The van der Waals surface area contributed by atoms with Gasteiger partial charge < -0.3 is 14.5 Å². The van der Waals surface area contributed by atoms with Gasteiger partial charge in [0.25, 0.3) is 5.91 Å². The van der Waals surface area contributed by atoms with Gasteiger partial charge in [0.15, 0.2) is 5.43 Å². The van der Waals surface area contributed by atoms with Gasteiger partial charge in [-0.15, -0.1) is 0 Å². The van der Waals surface area contributed by atoms with E-state index >= 15 is 0 Å². The Morgan fingerprint density at radius 1 is 1.12 bits per heavy atom. The predicted molar refractivity (Wildman–Crippen MR) is 95.6 cm³/mol. The molecule has 0 spiro atoms. The molecule has 0 unspecified atom stereocenters. The van der Waals surface area contributed by atoms with Crippen LogP contribution in [0.4, 0.5) is 0 Å². The number of hydrogen-bond acceptors (Lipinski definition) is 2. The van der Waals surface area contributed by atoms with Crippen LogP contribution >= 0.6 is 0 Å². The van der Waals surface area contributed by atoms with Crippen molar-refractivity contribution in [3.05, 3.63) is 93.7 Å². The molecule has 1 N–H and O–H groups in total. The second-order valence-corrected chi connectivity index (χ2v) is 6.33. The van der Waals surface area contributed by atoms with Crippen LogP contribution in [0.2, 0.25) is 0 Å². The first-order chi connectivity index (χ1) is 12.1. The minimum atomic E-state index is -0.242. The number of nitrogens with zero attached hydrogens (tertiary/aromatic N) is 2. The van der Waals surface area contributed by atoms with Gasteiger partial charge in [-0.2, -0.15) is 0 Å². The van der Waals surface area contributed by atoms with Crippen molar-refractivity contribution in [3.63, 3.8) is 0 Å². The molecule has 4 rings (SSSR count). The lowest BCUT2D eigenvalue weighted by molar-refractivity contribution is 0.0662. The average Bonchev–Trinajstić information content (AvgIpc) is 3.10. The van der Waals surface area contributed by atoms with Crippen molar-refractivity contribution in [1.82, 2.24) is 14.5 Å². The zero-order valence-corrected chi connectivity index (χ0v) is 14.0. The maximum Gasteiger partial charge on any atom is 0.260 e. The molecule has 3 aromatic rings. The van der Waals surface area contributed by atoms with Crippen LogP contribution in [0.25, 0.3) is 0 Å². The van der Waals surface area contributed by atoms with Crippen molar-refractivity contribution >= 4 is 5.91 Å². The molecule has 3 heterocycles. The van der Waals surface area contributed by atoms with Gasteiger partial charge >= 0.3 is 0 Å². The fraction of sp³-hybridized carbons (Fsp3) is 0.200. The molecule has 1 atom stereocenters. The van der Waals surface area contributed by atoms with Gasteiger partial charge in [0, 0.05) is 42.9 Å². The molecule has 0 aliphatic carbocycles. The summed E-state index contributed by atoms with van der Waals surface area (Å²) < 4.78 is 2.17. The van der Waals surface area contributed by atoms with E-state index in [-0.39, 0.29) is 22.9 Å². The highest BCUT2D eigenvalue weighted by molar-refractivity contribution is 5.94. The molecule has 0 radical (unpaired) electrons. The summed E-state index contributed by atoms with van der Waals surface area (Å²) in [5.41, 5.74) is 2.79. The Morgan fingerprint density at radius 2 is 1.92 bits per heavy atom. The molecule has 1 aromatic carbocycles. The molecule has 1 amide bonds. The van der Waals surface area contributed by atoms with E-state index < -0.39 is 0 Å². The predicted octanol–water partition coefficient (Wildman–Crippen LogP) is 2.73. The zero-order valence-electron chi connectivity index (χ0n) is 14.0. The number of hydrogen-bond donors (Lipinski definition) is 1. The highest BCUT2D eigenvalue weighted by atomic mass is 16.2. The number of carbonyl (C=O) groups is 1. The van der Waals surface area contributed by atoms with Gasteiger partial charge in [-0.25, -0.2) is 0 Å². The highest BCUT2D eigenvalue weighted by Crippen LogP contribution is 2.33. The summed E-state index contributed by atoms with van der Waals surface area (Å²) in [6.45, 7) is 3.09. The van der Waals surface area contributed by atoms with E-state index in [1.165, 1.54) is 12.3 Å². The van der Waals surface area contributed by atoms with E-state index in [1.807, 2.05) is 48.7 Å². The van der Waals surface area contributed by atoms with E-state index in [0.717, 1.165) is 23.5 Å². The van der Waals surface area contributed by atoms with Gasteiger partial charge in [0.2, 0.25) is 0 Å². The first-order valence-electron chi connectivity index (χ1n) is 8.35. The lowest BCUT2D eigenvalue weighted by Crippen LogP contribution is -2.43. The maximum atomic E-state index is 13.1. The van der Waals surface area contributed by atoms with Crippen molar-refractivity contribution in [2.45, 2.75) is 19.5 Å².